The summed E-state index contributed by atoms with van der Waals surface area (Å²) in [5, 5.41) is 0. The van der Waals surface area contributed by atoms with Gasteiger partial charge in [0.2, 0.25) is 0 Å². The van der Waals surface area contributed by atoms with Gasteiger partial charge < -0.3 is 9.80 Å². The Labute approximate surface area is 389 Å². The average molecular weight is 849 g/mol. The Morgan fingerprint density at radius 2 is 0.569 bits per heavy atom. The molecular weight excluding hydrogens is 785 g/mol. The lowest BCUT2D eigenvalue weighted by molar-refractivity contribution is 0.590. The second-order valence-corrected chi connectivity index (χ2v) is 20.9. The van der Waals surface area contributed by atoms with Crippen LogP contribution in [0.2, 0.25) is 0 Å². The van der Waals surface area contributed by atoms with E-state index in [2.05, 4.69) is 263 Å². The van der Waals surface area contributed by atoms with Gasteiger partial charge in [-0.3, -0.25) is 0 Å². The third kappa shape index (κ3) is 8.10. The van der Waals surface area contributed by atoms with E-state index in [0.29, 0.717) is 0 Å². The molecule has 0 N–H and O–H groups in total. The van der Waals surface area contributed by atoms with Gasteiger partial charge in [-0.25, -0.2) is 0 Å². The predicted molar refractivity (Wildman–Crippen MR) is 279 cm³/mol. The molecule has 0 unspecified atom stereocenters. The van der Waals surface area contributed by atoms with Crippen LogP contribution in [0.25, 0.3) is 11.1 Å². The van der Waals surface area contributed by atoms with E-state index in [1.807, 2.05) is 0 Å². The summed E-state index contributed by atoms with van der Waals surface area (Å²) in [5.74, 6) is 0. The van der Waals surface area contributed by atoms with Gasteiger partial charge in [-0.05, 0) is 170 Å². The topological polar surface area (TPSA) is 6.48 Å². The van der Waals surface area contributed by atoms with E-state index in [0.717, 1.165) is 34.1 Å². The van der Waals surface area contributed by atoms with E-state index in [9.17, 15) is 0 Å². The molecule has 0 heterocycles. The third-order valence-electron chi connectivity index (χ3n) is 13.5. The lowest BCUT2D eigenvalue weighted by atomic mass is 9.66. The highest BCUT2D eigenvalue weighted by Crippen LogP contribution is 2.59. The minimum absolute atomic E-state index is 0.0494. The zero-order valence-electron chi connectivity index (χ0n) is 40.6. The van der Waals surface area contributed by atoms with Crippen molar-refractivity contribution in [2.75, 3.05) is 9.80 Å². The maximum Gasteiger partial charge on any atom is 0.0715 e. The Morgan fingerprint density at radius 1 is 0.292 bits per heavy atom. The number of hydrogen-bond donors (Lipinski definition) is 0. The number of rotatable bonds is 8. The van der Waals surface area contributed by atoms with Crippen molar-refractivity contribution in [3.8, 4) is 11.1 Å². The number of nitrogens with zero attached hydrogens (tertiary/aromatic N) is 2. The normalized spacial score (nSPS) is 13.0. The van der Waals surface area contributed by atoms with Crippen LogP contribution >= 0.6 is 0 Å². The van der Waals surface area contributed by atoms with Crippen LogP contribution in [0.15, 0.2) is 170 Å². The molecule has 0 amide bonds. The number of aryl methyl sites for hydroxylation is 6. The maximum absolute atomic E-state index is 2.50. The van der Waals surface area contributed by atoms with Crippen molar-refractivity contribution in [2.24, 2.45) is 0 Å². The van der Waals surface area contributed by atoms with Crippen molar-refractivity contribution in [1.29, 1.82) is 0 Å². The molecule has 9 rings (SSSR count). The molecule has 326 valence electrons. The van der Waals surface area contributed by atoms with Gasteiger partial charge in [0.25, 0.3) is 0 Å². The Bertz CT molecular complexity index is 2780. The molecule has 0 aromatic heterocycles. The summed E-state index contributed by atoms with van der Waals surface area (Å²) in [6.07, 6.45) is 0. The summed E-state index contributed by atoms with van der Waals surface area (Å²) in [6, 6.07) is 65.2. The summed E-state index contributed by atoms with van der Waals surface area (Å²) in [5.41, 5.74) is 24.0. The highest BCUT2D eigenvalue weighted by atomic mass is 15.1. The van der Waals surface area contributed by atoms with Gasteiger partial charge in [0, 0.05) is 34.1 Å². The van der Waals surface area contributed by atoms with Crippen LogP contribution in [0.1, 0.15) is 108 Å². The van der Waals surface area contributed by atoms with Crippen molar-refractivity contribution in [3.05, 3.63) is 237 Å². The number of fused-ring (bicyclic) bond motifs is 3. The van der Waals surface area contributed by atoms with Crippen LogP contribution < -0.4 is 9.80 Å². The van der Waals surface area contributed by atoms with Crippen LogP contribution in [-0.2, 0) is 16.2 Å². The third-order valence-corrected chi connectivity index (χ3v) is 13.5. The molecule has 8 aromatic rings. The highest BCUT2D eigenvalue weighted by Gasteiger charge is 2.47. The summed E-state index contributed by atoms with van der Waals surface area (Å²) in [6.45, 7) is 27.0. The Morgan fingerprint density at radius 3 is 0.862 bits per heavy atom. The molecule has 0 bridgehead atoms. The average Bonchev–Trinajstić information content (AvgIpc) is 3.54. The Hall–Kier alpha value is -6.64. The second-order valence-electron chi connectivity index (χ2n) is 20.9. The van der Waals surface area contributed by atoms with Gasteiger partial charge in [0.1, 0.15) is 0 Å². The zero-order valence-corrected chi connectivity index (χ0v) is 40.6. The first-order valence-corrected chi connectivity index (χ1v) is 23.3. The molecule has 0 spiro atoms. The summed E-state index contributed by atoms with van der Waals surface area (Å²) < 4.78 is 0. The van der Waals surface area contributed by atoms with Crippen LogP contribution in [0.4, 0.5) is 34.1 Å². The van der Waals surface area contributed by atoms with Gasteiger partial charge in [-0.15, -0.1) is 0 Å². The van der Waals surface area contributed by atoms with Gasteiger partial charge >= 0.3 is 0 Å². The van der Waals surface area contributed by atoms with Crippen LogP contribution in [0.5, 0.6) is 0 Å². The first-order chi connectivity index (χ1) is 30.9. The molecule has 2 heteroatoms. The molecule has 1 aliphatic carbocycles. The molecule has 2 nitrogen and oxygen atoms in total. The van der Waals surface area contributed by atoms with Gasteiger partial charge in [-0.2, -0.15) is 0 Å². The molecule has 0 saturated carbocycles. The van der Waals surface area contributed by atoms with E-state index in [1.54, 1.807) is 0 Å². The number of benzene rings is 8. The molecule has 65 heavy (non-hydrogen) atoms. The fourth-order valence-corrected chi connectivity index (χ4v) is 10.3. The van der Waals surface area contributed by atoms with E-state index in [4.69, 9.17) is 0 Å². The monoisotopic (exact) mass is 849 g/mol. The molecule has 0 atom stereocenters. The van der Waals surface area contributed by atoms with Crippen molar-refractivity contribution in [2.45, 2.75) is 99.3 Å². The lowest BCUT2D eigenvalue weighted by Gasteiger charge is -2.36. The fourth-order valence-electron chi connectivity index (χ4n) is 10.3. The van der Waals surface area contributed by atoms with Crippen molar-refractivity contribution in [3.63, 3.8) is 0 Å². The predicted octanol–water partition coefficient (Wildman–Crippen LogP) is 17.4. The summed E-state index contributed by atoms with van der Waals surface area (Å²) in [7, 11) is 0. The first-order valence-electron chi connectivity index (χ1n) is 23.3. The SMILES string of the molecule is Cc1ccc(N(c2ccc(C(C)(C)C)cc2)c2ccc3c(c2)C(c2cc(C)cc(C)c2)(c2cc(C)cc(C)c2)c2cc(N(c4ccc(C)cc4)c4ccc(C(C)(C)C)cc4)ccc2-3)cc1. The number of anilines is 6. The van der Waals surface area contributed by atoms with E-state index < -0.39 is 5.41 Å². The minimum Gasteiger partial charge on any atom is -0.310 e. The smallest absolute Gasteiger partial charge is 0.0715 e. The molecule has 0 fully saturated rings. The van der Waals surface area contributed by atoms with E-state index in [-0.39, 0.29) is 10.8 Å². The van der Waals surface area contributed by atoms with Crippen LogP contribution in [0, 0.1) is 41.5 Å². The van der Waals surface area contributed by atoms with Crippen LogP contribution in [0.3, 0.4) is 0 Å². The summed E-state index contributed by atoms with van der Waals surface area (Å²) in [4.78, 5) is 4.88. The molecule has 0 aliphatic heterocycles. The molecule has 0 radical (unpaired) electrons. The standard InChI is InChI=1S/C63H64N2/c1-41-13-21-51(22-14-41)64(53-25-17-47(18-26-53)61(7,8)9)55-29-31-57-58-32-30-56(65(52-23-15-42(2)16-24-52)54-27-19-48(20-28-54)62(10,11)12)40-60(58)63(59(57)39-55,49-35-43(3)33-44(4)36-49)50-37-45(5)34-46(6)38-50/h13-40H,1-12H3. The highest BCUT2D eigenvalue weighted by molar-refractivity contribution is 5.92. The van der Waals surface area contributed by atoms with Crippen LogP contribution in [-0.4, -0.2) is 0 Å². The molecular formula is C63H64N2. The Balaban J connectivity index is 1.35. The van der Waals surface area contributed by atoms with Gasteiger partial charge in [0.05, 0.1) is 5.41 Å². The van der Waals surface area contributed by atoms with Crippen molar-refractivity contribution in [1.82, 2.24) is 0 Å². The second kappa shape index (κ2) is 16.4. The quantitative estimate of drug-likeness (QED) is 0.150. The molecule has 8 aromatic carbocycles. The largest absolute Gasteiger partial charge is 0.310 e. The Kier molecular flexibility index (Phi) is 11.0. The van der Waals surface area contributed by atoms with Gasteiger partial charge in [0.15, 0.2) is 0 Å². The molecule has 1 aliphatic rings. The zero-order chi connectivity index (χ0) is 46.0. The molecule has 0 saturated heterocycles. The van der Waals surface area contributed by atoms with E-state index >= 15 is 0 Å². The fraction of sp³-hybridized carbons (Fsp3) is 0.238. The summed E-state index contributed by atoms with van der Waals surface area (Å²) >= 11 is 0. The lowest BCUT2D eigenvalue weighted by Crippen LogP contribution is -2.29. The first kappa shape index (κ1) is 43.6. The van der Waals surface area contributed by atoms with Gasteiger partial charge in [-0.1, -0.05) is 172 Å². The number of hydrogen-bond acceptors (Lipinski definition) is 2. The van der Waals surface area contributed by atoms with Crippen molar-refractivity contribution >= 4 is 34.1 Å². The van der Waals surface area contributed by atoms with Crippen molar-refractivity contribution < 1.29 is 0 Å². The minimum atomic E-state index is -0.645. The maximum atomic E-state index is 2.50. The van der Waals surface area contributed by atoms with E-state index in [1.165, 1.54) is 77.9 Å².